The van der Waals surface area contributed by atoms with Gasteiger partial charge in [0.05, 0.1) is 0 Å². The molecule has 4 rings (SSSR count). The summed E-state index contributed by atoms with van der Waals surface area (Å²) in [6, 6.07) is 14.4. The molecule has 1 aliphatic heterocycles. The zero-order valence-corrected chi connectivity index (χ0v) is 21.5. The van der Waals surface area contributed by atoms with Gasteiger partial charge in [-0.2, -0.15) is 39.5 Å². The van der Waals surface area contributed by atoms with Crippen LogP contribution in [0.1, 0.15) is 44.1 Å². The lowest BCUT2D eigenvalue weighted by Gasteiger charge is -2.34. The van der Waals surface area contributed by atoms with Gasteiger partial charge in [0, 0.05) is 17.0 Å². The molecule has 0 spiro atoms. The number of benzene rings is 2. The van der Waals surface area contributed by atoms with Crippen LogP contribution in [0.25, 0.3) is 10.8 Å². The lowest BCUT2D eigenvalue weighted by Crippen LogP contribution is -2.63. The van der Waals surface area contributed by atoms with Crippen molar-refractivity contribution in [2.45, 2.75) is 73.1 Å². The molecule has 14 heteroatoms. The normalized spacial score (nSPS) is 18.6. The Morgan fingerprint density at radius 3 is 1.82 bits per heavy atom. The first-order valence-electron chi connectivity index (χ1n) is 11.7. The van der Waals surface area contributed by atoms with E-state index >= 15 is 0 Å². The quantitative estimate of drug-likeness (QED) is 0.200. The van der Waals surface area contributed by atoms with Crippen molar-refractivity contribution in [2.24, 2.45) is 5.92 Å². The number of fused-ring (bicyclic) bond motifs is 1. The van der Waals surface area contributed by atoms with Gasteiger partial charge in [0.2, 0.25) is 0 Å². The molecule has 2 fully saturated rings. The van der Waals surface area contributed by atoms with E-state index in [4.69, 9.17) is 0 Å². The summed E-state index contributed by atoms with van der Waals surface area (Å²) in [5.74, 6) is -11.0. The van der Waals surface area contributed by atoms with Crippen molar-refractivity contribution in [2.75, 3.05) is 11.5 Å². The van der Waals surface area contributed by atoms with E-state index in [0.717, 1.165) is 5.92 Å². The van der Waals surface area contributed by atoms with Crippen molar-refractivity contribution in [1.82, 2.24) is 0 Å². The molecule has 0 aromatic heterocycles. The Kier molecular flexibility index (Phi) is 8.99. The molecule has 0 amide bonds. The third kappa shape index (κ3) is 6.22. The molecule has 3 nitrogen and oxygen atoms in total. The Bertz CT molecular complexity index is 1220. The number of hydrogen-bond donors (Lipinski definition) is 0. The first-order chi connectivity index (χ1) is 17.4. The average molecular weight is 597 g/mol. The van der Waals surface area contributed by atoms with Crippen molar-refractivity contribution in [1.29, 1.82) is 0 Å². The predicted molar refractivity (Wildman–Crippen MR) is 125 cm³/mol. The summed E-state index contributed by atoms with van der Waals surface area (Å²) in [7, 11) is -6.87. The highest BCUT2D eigenvalue weighted by molar-refractivity contribution is 7.97. The number of rotatable bonds is 6. The van der Waals surface area contributed by atoms with E-state index < -0.39 is 33.4 Å². The highest BCUT2D eigenvalue weighted by atomic mass is 32.2. The highest BCUT2D eigenvalue weighted by Gasteiger charge is 2.83. The number of hydrogen-bond acceptors (Lipinski definition) is 3. The van der Waals surface area contributed by atoms with Gasteiger partial charge >= 0.3 is 23.3 Å². The molecule has 0 bridgehead atoms. The number of alkyl halides is 9. The maximum Gasteiger partial charge on any atom is 0.460 e. The van der Waals surface area contributed by atoms with Crippen LogP contribution in [0, 0.1) is 5.92 Å². The van der Waals surface area contributed by atoms with E-state index in [1.165, 1.54) is 67.2 Å². The van der Waals surface area contributed by atoms with Crippen LogP contribution < -0.4 is 0 Å². The van der Waals surface area contributed by atoms with E-state index in [9.17, 15) is 52.5 Å². The van der Waals surface area contributed by atoms with Crippen LogP contribution in [-0.4, -0.2) is 47.8 Å². The summed E-state index contributed by atoms with van der Waals surface area (Å²) in [5, 5.41) is -4.22. The van der Waals surface area contributed by atoms with Gasteiger partial charge in [-0.05, 0) is 53.6 Å². The van der Waals surface area contributed by atoms with Gasteiger partial charge in [-0.25, -0.2) is 8.42 Å². The molecular formula is C24H25F9O3S2. The van der Waals surface area contributed by atoms with Crippen LogP contribution in [0.3, 0.4) is 0 Å². The van der Waals surface area contributed by atoms with Crippen molar-refractivity contribution in [3.05, 3.63) is 42.0 Å². The van der Waals surface area contributed by atoms with Crippen molar-refractivity contribution < 1.29 is 52.5 Å². The molecule has 0 N–H and O–H groups in total. The summed E-state index contributed by atoms with van der Waals surface area (Å²) < 4.78 is 135. The topological polar surface area (TPSA) is 57.2 Å². The largest absolute Gasteiger partial charge is 0.743 e. The lowest BCUT2D eigenvalue weighted by molar-refractivity contribution is -0.382. The van der Waals surface area contributed by atoms with Crippen molar-refractivity contribution in [3.63, 3.8) is 0 Å². The van der Waals surface area contributed by atoms with E-state index in [-0.39, 0.29) is 0 Å². The third-order valence-electron chi connectivity index (χ3n) is 6.67. The molecule has 1 heterocycles. The second kappa shape index (κ2) is 11.1. The minimum Gasteiger partial charge on any atom is -0.743 e. The fourth-order valence-corrected chi connectivity index (χ4v) is 7.31. The highest BCUT2D eigenvalue weighted by Crippen LogP contribution is 2.54. The summed E-state index contributed by atoms with van der Waals surface area (Å²) >= 11 is 0. The summed E-state index contributed by atoms with van der Waals surface area (Å²) in [6.45, 7) is 0. The Balaban J connectivity index is 0.000000217. The average Bonchev–Trinajstić information content (AvgIpc) is 3.52. The van der Waals surface area contributed by atoms with E-state index in [0.29, 0.717) is 10.9 Å². The molecule has 2 aliphatic rings. The first kappa shape index (κ1) is 30.9. The van der Waals surface area contributed by atoms with E-state index in [1.807, 2.05) is 0 Å². The van der Waals surface area contributed by atoms with Crippen LogP contribution in [-0.2, 0) is 27.4 Å². The zero-order chi connectivity index (χ0) is 28.6. The smallest absolute Gasteiger partial charge is 0.460 e. The Morgan fingerprint density at radius 2 is 1.29 bits per heavy atom. The molecule has 0 radical (unpaired) electrons. The zero-order valence-electron chi connectivity index (χ0n) is 19.8. The van der Waals surface area contributed by atoms with Crippen LogP contribution in [0.4, 0.5) is 39.5 Å². The maximum atomic E-state index is 12.2. The van der Waals surface area contributed by atoms with Gasteiger partial charge in [-0.1, -0.05) is 43.9 Å². The Morgan fingerprint density at radius 1 is 0.763 bits per heavy atom. The summed E-state index contributed by atoms with van der Waals surface area (Å²) in [5.41, 5.74) is 1.55. The van der Waals surface area contributed by atoms with E-state index in [1.54, 1.807) is 10.5 Å². The molecule has 214 valence electrons. The summed E-state index contributed by atoms with van der Waals surface area (Å²) in [4.78, 5) is 1.60. The van der Waals surface area contributed by atoms with Gasteiger partial charge in [0.1, 0.15) is 11.5 Å². The van der Waals surface area contributed by atoms with Crippen molar-refractivity contribution >= 4 is 31.8 Å². The Hall–Kier alpha value is -1.67. The maximum absolute atomic E-state index is 12.2. The Labute approximate surface area is 216 Å². The standard InChI is InChI=1S/C20H25S.C4HF9O3S/c1-2-6-16(5-1)13-17-7-8-19-15-20(10-9-18(19)14-17)21-11-3-4-12-21;5-1(6,3(9,10)11)2(7,8)4(12,13)17(14,15)16/h7-10,14-16H,1-6,11-13H2;(H,14,15,16)/q+1;/p-1. The van der Waals surface area contributed by atoms with E-state index in [2.05, 4.69) is 36.4 Å². The van der Waals surface area contributed by atoms with Crippen LogP contribution in [0.15, 0.2) is 41.3 Å². The van der Waals surface area contributed by atoms with Crippen LogP contribution in [0.5, 0.6) is 0 Å². The molecule has 1 saturated carbocycles. The fourth-order valence-electron chi connectivity index (χ4n) is 4.54. The van der Waals surface area contributed by atoms with Gasteiger partial charge in [-0.15, -0.1) is 0 Å². The monoisotopic (exact) mass is 596 g/mol. The van der Waals surface area contributed by atoms with Gasteiger partial charge in [-0.3, -0.25) is 0 Å². The predicted octanol–water partition coefficient (Wildman–Crippen LogP) is 7.30. The van der Waals surface area contributed by atoms with Crippen LogP contribution >= 0.6 is 0 Å². The molecule has 2 aromatic carbocycles. The first-order valence-corrected chi connectivity index (χ1v) is 14.7. The molecule has 1 aliphatic carbocycles. The molecular weight excluding hydrogens is 571 g/mol. The molecule has 2 aromatic rings. The lowest BCUT2D eigenvalue weighted by atomic mass is 9.96. The van der Waals surface area contributed by atoms with Gasteiger partial charge in [0.25, 0.3) is 0 Å². The minimum atomic E-state index is -7.43. The fraction of sp³-hybridized carbons (Fsp3) is 0.583. The second-order valence-electron chi connectivity index (χ2n) is 9.42. The van der Waals surface area contributed by atoms with Crippen molar-refractivity contribution in [3.8, 4) is 0 Å². The SMILES string of the molecule is O=S(=O)([O-])C(F)(F)C(F)(F)C(F)(F)C(F)(F)F.c1cc2cc([S+]3CCCC3)ccc2cc1CC1CCCC1. The molecule has 0 atom stereocenters. The second-order valence-corrected chi connectivity index (χ2v) is 13.1. The minimum absolute atomic E-state index is 0.544. The third-order valence-corrected chi connectivity index (χ3v) is 10.0. The molecule has 38 heavy (non-hydrogen) atoms. The molecule has 1 saturated heterocycles. The molecule has 0 unspecified atom stereocenters. The number of halogens is 9. The van der Waals surface area contributed by atoms with Gasteiger partial charge in [0.15, 0.2) is 15.0 Å². The van der Waals surface area contributed by atoms with Crippen LogP contribution in [0.2, 0.25) is 0 Å². The van der Waals surface area contributed by atoms with Gasteiger partial charge < -0.3 is 4.55 Å². The summed E-state index contributed by atoms with van der Waals surface area (Å²) in [6.07, 6.45) is 2.78.